The van der Waals surface area contributed by atoms with Crippen molar-refractivity contribution in [2.45, 2.75) is 13.0 Å². The third kappa shape index (κ3) is 4.34. The van der Waals surface area contributed by atoms with E-state index >= 15 is 0 Å². The molecule has 1 atom stereocenters. The maximum atomic E-state index is 11.9. The highest BCUT2D eigenvalue weighted by Crippen LogP contribution is 2.19. The van der Waals surface area contributed by atoms with Gasteiger partial charge in [-0.3, -0.25) is 4.79 Å². The van der Waals surface area contributed by atoms with E-state index in [4.69, 9.17) is 21.1 Å². The summed E-state index contributed by atoms with van der Waals surface area (Å²) < 4.78 is 10.8. The molecule has 1 N–H and O–H groups in total. The van der Waals surface area contributed by atoms with Gasteiger partial charge in [0.1, 0.15) is 22.5 Å². The molecule has 0 aliphatic carbocycles. The van der Waals surface area contributed by atoms with E-state index < -0.39 is 0 Å². The molecule has 2 aromatic rings. The van der Waals surface area contributed by atoms with Crippen molar-refractivity contribution in [1.29, 1.82) is 0 Å². The number of aromatic nitrogens is 1. The zero-order chi connectivity index (χ0) is 15.2. The lowest BCUT2D eigenvalue weighted by Gasteiger charge is -2.15. The fourth-order valence-electron chi connectivity index (χ4n) is 1.62. The van der Waals surface area contributed by atoms with Crippen LogP contribution in [0.2, 0.25) is 5.15 Å². The fourth-order valence-corrected chi connectivity index (χ4v) is 2.54. The zero-order valence-corrected chi connectivity index (χ0v) is 13.2. The first-order valence-electron chi connectivity index (χ1n) is 6.28. The quantitative estimate of drug-likeness (QED) is 0.886. The Labute approximate surface area is 131 Å². The molecule has 0 saturated heterocycles. The highest BCUT2D eigenvalue weighted by molar-refractivity contribution is 7.12. The van der Waals surface area contributed by atoms with Gasteiger partial charge in [0, 0.05) is 0 Å². The Hall–Kier alpha value is -1.79. The molecule has 0 radical (unpaired) electrons. The van der Waals surface area contributed by atoms with Crippen molar-refractivity contribution < 1.29 is 14.3 Å². The number of halogens is 1. The van der Waals surface area contributed by atoms with E-state index in [0.717, 1.165) is 5.75 Å². The molecular formula is C14H15ClN2O3S. The summed E-state index contributed by atoms with van der Waals surface area (Å²) in [6, 6.07) is 7.27. The van der Waals surface area contributed by atoms with Gasteiger partial charge in [-0.1, -0.05) is 11.6 Å². The minimum absolute atomic E-state index is 0.172. The number of thiazole rings is 1. The molecule has 0 saturated carbocycles. The maximum Gasteiger partial charge on any atom is 0.264 e. The van der Waals surface area contributed by atoms with Gasteiger partial charge in [0.2, 0.25) is 0 Å². The monoisotopic (exact) mass is 326 g/mol. The number of nitrogens with one attached hydrogen (secondary N) is 1. The van der Waals surface area contributed by atoms with Crippen LogP contribution in [-0.4, -0.2) is 30.6 Å². The van der Waals surface area contributed by atoms with Gasteiger partial charge in [0.25, 0.3) is 5.91 Å². The molecule has 0 unspecified atom stereocenters. The van der Waals surface area contributed by atoms with Gasteiger partial charge >= 0.3 is 0 Å². The van der Waals surface area contributed by atoms with Crippen LogP contribution in [0.1, 0.15) is 16.6 Å². The second kappa shape index (κ2) is 7.28. The molecular weight excluding hydrogens is 312 g/mol. The summed E-state index contributed by atoms with van der Waals surface area (Å²) in [5, 5.41) is 2.99. The lowest BCUT2D eigenvalue weighted by molar-refractivity contribution is 0.0936. The summed E-state index contributed by atoms with van der Waals surface area (Å²) in [7, 11) is 1.61. The normalized spacial score (nSPS) is 11.8. The average Bonchev–Trinajstić information content (AvgIpc) is 2.92. The van der Waals surface area contributed by atoms with Crippen molar-refractivity contribution in [2.24, 2.45) is 0 Å². The summed E-state index contributed by atoms with van der Waals surface area (Å²) in [4.78, 5) is 16.1. The second-order valence-electron chi connectivity index (χ2n) is 4.29. The number of hydrogen-bond acceptors (Lipinski definition) is 5. The molecule has 1 amide bonds. The van der Waals surface area contributed by atoms with Crippen LogP contribution < -0.4 is 14.8 Å². The molecule has 7 heteroatoms. The Morgan fingerprint density at radius 3 is 2.62 bits per heavy atom. The average molecular weight is 327 g/mol. The Morgan fingerprint density at radius 1 is 1.38 bits per heavy atom. The maximum absolute atomic E-state index is 11.9. The van der Waals surface area contributed by atoms with Crippen LogP contribution >= 0.6 is 22.9 Å². The first-order valence-corrected chi connectivity index (χ1v) is 7.54. The van der Waals surface area contributed by atoms with Crippen LogP contribution in [0.3, 0.4) is 0 Å². The highest BCUT2D eigenvalue weighted by atomic mass is 35.5. The van der Waals surface area contributed by atoms with Crippen molar-refractivity contribution in [1.82, 2.24) is 10.3 Å². The van der Waals surface area contributed by atoms with Crippen molar-refractivity contribution >= 4 is 28.8 Å². The molecule has 0 bridgehead atoms. The summed E-state index contributed by atoms with van der Waals surface area (Å²) in [5.41, 5.74) is 1.54. The SMILES string of the molecule is COc1ccc(O[C@@H](C)CNC(=O)c2scnc2Cl)cc1. The molecule has 2 rings (SSSR count). The number of hydrogen-bond donors (Lipinski definition) is 1. The Kier molecular flexibility index (Phi) is 5.41. The van der Waals surface area contributed by atoms with Gasteiger partial charge < -0.3 is 14.8 Å². The summed E-state index contributed by atoms with van der Waals surface area (Å²) in [6.45, 7) is 2.25. The molecule has 112 valence electrons. The van der Waals surface area contributed by atoms with Gasteiger partial charge in [-0.05, 0) is 31.2 Å². The van der Waals surface area contributed by atoms with Crippen LogP contribution in [0.15, 0.2) is 29.8 Å². The van der Waals surface area contributed by atoms with E-state index in [-0.39, 0.29) is 17.2 Å². The number of carbonyl (C=O) groups is 1. The second-order valence-corrected chi connectivity index (χ2v) is 5.50. The zero-order valence-electron chi connectivity index (χ0n) is 11.6. The van der Waals surface area contributed by atoms with Crippen LogP contribution in [0.25, 0.3) is 0 Å². The first kappa shape index (κ1) is 15.6. The Bertz CT molecular complexity index is 601. The smallest absolute Gasteiger partial charge is 0.264 e. The van der Waals surface area contributed by atoms with E-state index in [2.05, 4.69) is 10.3 Å². The van der Waals surface area contributed by atoms with E-state index in [0.29, 0.717) is 17.2 Å². The molecule has 21 heavy (non-hydrogen) atoms. The standard InChI is InChI=1S/C14H15ClN2O3S/c1-9(20-11-5-3-10(19-2)4-6-11)7-16-14(18)12-13(15)17-8-21-12/h3-6,8-9H,7H2,1-2H3,(H,16,18)/t9-/m0/s1. The van der Waals surface area contributed by atoms with E-state index in [1.54, 1.807) is 7.11 Å². The number of nitrogens with zero attached hydrogens (tertiary/aromatic N) is 1. The Morgan fingerprint density at radius 2 is 2.05 bits per heavy atom. The number of benzene rings is 1. The predicted molar refractivity (Wildman–Crippen MR) is 82.5 cm³/mol. The van der Waals surface area contributed by atoms with Gasteiger partial charge in [-0.15, -0.1) is 11.3 Å². The third-order valence-corrected chi connectivity index (χ3v) is 3.90. The van der Waals surface area contributed by atoms with Gasteiger partial charge in [0.05, 0.1) is 19.2 Å². The summed E-state index contributed by atoms with van der Waals surface area (Å²) >= 11 is 7.01. The summed E-state index contributed by atoms with van der Waals surface area (Å²) in [5.74, 6) is 1.24. The van der Waals surface area contributed by atoms with Crippen molar-refractivity contribution in [3.8, 4) is 11.5 Å². The van der Waals surface area contributed by atoms with Crippen LogP contribution in [-0.2, 0) is 0 Å². The van der Waals surface area contributed by atoms with Crippen LogP contribution in [0.5, 0.6) is 11.5 Å². The molecule has 0 aliphatic rings. The third-order valence-electron chi connectivity index (χ3n) is 2.68. The lowest BCUT2D eigenvalue weighted by Crippen LogP contribution is -2.33. The molecule has 5 nitrogen and oxygen atoms in total. The molecule has 0 fully saturated rings. The van der Waals surface area contributed by atoms with Crippen LogP contribution in [0, 0.1) is 0 Å². The number of amides is 1. The number of carbonyl (C=O) groups excluding carboxylic acids is 1. The molecule has 0 aliphatic heterocycles. The van der Waals surface area contributed by atoms with Crippen molar-refractivity contribution in [2.75, 3.05) is 13.7 Å². The predicted octanol–water partition coefficient (Wildman–Crippen LogP) is 3.00. The highest BCUT2D eigenvalue weighted by Gasteiger charge is 2.14. The molecule has 1 heterocycles. The van der Waals surface area contributed by atoms with Crippen molar-refractivity contribution in [3.05, 3.63) is 39.8 Å². The largest absolute Gasteiger partial charge is 0.497 e. The lowest BCUT2D eigenvalue weighted by atomic mass is 10.3. The minimum atomic E-state index is -0.243. The minimum Gasteiger partial charge on any atom is -0.497 e. The number of ether oxygens (including phenoxy) is 2. The first-order chi connectivity index (χ1) is 10.1. The van der Waals surface area contributed by atoms with Gasteiger partial charge in [-0.2, -0.15) is 0 Å². The number of methoxy groups -OCH3 is 1. The molecule has 1 aromatic heterocycles. The van der Waals surface area contributed by atoms with Crippen molar-refractivity contribution in [3.63, 3.8) is 0 Å². The fraction of sp³-hybridized carbons (Fsp3) is 0.286. The van der Waals surface area contributed by atoms with E-state index in [9.17, 15) is 4.79 Å². The molecule has 0 spiro atoms. The van der Waals surface area contributed by atoms with Gasteiger partial charge in [0.15, 0.2) is 5.15 Å². The Balaban J connectivity index is 1.83. The van der Waals surface area contributed by atoms with Crippen LogP contribution in [0.4, 0.5) is 0 Å². The topological polar surface area (TPSA) is 60.5 Å². The van der Waals surface area contributed by atoms with Gasteiger partial charge in [-0.25, -0.2) is 4.98 Å². The van der Waals surface area contributed by atoms with E-state index in [1.165, 1.54) is 16.8 Å². The summed E-state index contributed by atoms with van der Waals surface area (Å²) in [6.07, 6.45) is -0.172. The van der Waals surface area contributed by atoms with E-state index in [1.807, 2.05) is 31.2 Å². The number of rotatable bonds is 6. The molecule has 1 aromatic carbocycles.